The zero-order chi connectivity index (χ0) is 14.5. The second kappa shape index (κ2) is 5.81. The first kappa shape index (κ1) is 13.5. The molecule has 0 amide bonds. The summed E-state index contributed by atoms with van der Waals surface area (Å²) in [6.07, 6.45) is 0. The molecule has 0 aliphatic rings. The van der Waals surface area contributed by atoms with Crippen LogP contribution in [0.4, 0.5) is 14.5 Å². The first-order valence-corrected chi connectivity index (χ1v) is 5.76. The van der Waals surface area contributed by atoms with Crippen LogP contribution in [0.2, 0.25) is 0 Å². The normalized spacial score (nSPS) is 9.60. The van der Waals surface area contributed by atoms with E-state index < -0.39 is 11.6 Å². The standard InChI is InChI=1S/C15H9F2N3/c16-13-5-12(8-19)6-14(17)15(13)20-9-11-3-1-2-10(4-11)7-18/h1-6,20H,9H2. The Hall–Kier alpha value is -2.92. The van der Waals surface area contributed by atoms with Crippen molar-refractivity contribution >= 4 is 5.69 Å². The van der Waals surface area contributed by atoms with Crippen LogP contribution in [0.3, 0.4) is 0 Å². The number of hydrogen-bond donors (Lipinski definition) is 1. The maximum atomic E-state index is 13.6. The van der Waals surface area contributed by atoms with E-state index in [0.717, 1.165) is 17.7 Å². The summed E-state index contributed by atoms with van der Waals surface area (Å²) in [6, 6.07) is 12.3. The molecule has 0 aromatic heterocycles. The van der Waals surface area contributed by atoms with Crippen molar-refractivity contribution in [2.75, 3.05) is 5.32 Å². The summed E-state index contributed by atoms with van der Waals surface area (Å²) in [5.41, 5.74) is 0.848. The number of nitrogens with one attached hydrogen (secondary N) is 1. The van der Waals surface area contributed by atoms with Crippen LogP contribution in [0.25, 0.3) is 0 Å². The van der Waals surface area contributed by atoms with Gasteiger partial charge in [-0.1, -0.05) is 12.1 Å². The lowest BCUT2D eigenvalue weighted by molar-refractivity contribution is 0.587. The molecule has 0 aliphatic heterocycles. The first-order valence-electron chi connectivity index (χ1n) is 5.76. The SMILES string of the molecule is N#Cc1cccc(CNc2c(F)cc(C#N)cc2F)c1. The van der Waals surface area contributed by atoms with Crippen molar-refractivity contribution in [3.8, 4) is 12.1 Å². The molecular formula is C15H9F2N3. The summed E-state index contributed by atoms with van der Waals surface area (Å²) in [4.78, 5) is 0. The van der Waals surface area contributed by atoms with Gasteiger partial charge in [-0.25, -0.2) is 8.78 Å². The lowest BCUT2D eigenvalue weighted by Crippen LogP contribution is -2.04. The van der Waals surface area contributed by atoms with Gasteiger partial charge in [0, 0.05) is 6.54 Å². The lowest BCUT2D eigenvalue weighted by atomic mass is 10.1. The molecule has 0 bridgehead atoms. The fourth-order valence-corrected chi connectivity index (χ4v) is 1.75. The summed E-state index contributed by atoms with van der Waals surface area (Å²) < 4.78 is 27.3. The Morgan fingerprint density at radius 3 is 2.20 bits per heavy atom. The molecular weight excluding hydrogens is 260 g/mol. The smallest absolute Gasteiger partial charge is 0.150 e. The third-order valence-electron chi connectivity index (χ3n) is 2.70. The van der Waals surface area contributed by atoms with E-state index in [4.69, 9.17) is 10.5 Å². The Morgan fingerprint density at radius 1 is 0.950 bits per heavy atom. The topological polar surface area (TPSA) is 59.6 Å². The Bertz CT molecular complexity index is 704. The number of nitrogens with zero attached hydrogens (tertiary/aromatic N) is 2. The molecule has 2 aromatic rings. The molecule has 98 valence electrons. The van der Waals surface area contributed by atoms with E-state index in [1.54, 1.807) is 30.3 Å². The third kappa shape index (κ3) is 2.90. The predicted octanol–water partition coefficient (Wildman–Crippen LogP) is 3.32. The van der Waals surface area contributed by atoms with Crippen molar-refractivity contribution in [2.45, 2.75) is 6.54 Å². The molecule has 0 atom stereocenters. The number of hydrogen-bond acceptors (Lipinski definition) is 3. The van der Waals surface area contributed by atoms with Crippen LogP contribution < -0.4 is 5.32 Å². The summed E-state index contributed by atoms with van der Waals surface area (Å²) in [5.74, 6) is -1.64. The van der Waals surface area contributed by atoms with Gasteiger partial charge in [-0.2, -0.15) is 10.5 Å². The highest BCUT2D eigenvalue weighted by Gasteiger charge is 2.10. The highest BCUT2D eigenvalue weighted by Crippen LogP contribution is 2.21. The van der Waals surface area contributed by atoms with Gasteiger partial charge in [0.2, 0.25) is 0 Å². The largest absolute Gasteiger partial charge is 0.376 e. The van der Waals surface area contributed by atoms with E-state index in [1.807, 2.05) is 6.07 Å². The fourth-order valence-electron chi connectivity index (χ4n) is 1.75. The number of halogens is 2. The number of benzene rings is 2. The van der Waals surface area contributed by atoms with Gasteiger partial charge in [-0.15, -0.1) is 0 Å². The van der Waals surface area contributed by atoms with Gasteiger partial charge in [0.15, 0.2) is 11.6 Å². The Labute approximate surface area is 114 Å². The minimum atomic E-state index is -0.821. The van der Waals surface area contributed by atoms with Crippen LogP contribution in [0.15, 0.2) is 36.4 Å². The summed E-state index contributed by atoms with van der Waals surface area (Å²) in [7, 11) is 0. The number of rotatable bonds is 3. The molecule has 0 saturated carbocycles. The quantitative estimate of drug-likeness (QED) is 0.929. The van der Waals surface area contributed by atoms with Crippen molar-refractivity contribution in [3.05, 3.63) is 64.7 Å². The Balaban J connectivity index is 2.19. The van der Waals surface area contributed by atoms with Crippen LogP contribution in [0.5, 0.6) is 0 Å². The predicted molar refractivity (Wildman–Crippen MR) is 69.6 cm³/mol. The zero-order valence-electron chi connectivity index (χ0n) is 10.3. The molecule has 0 unspecified atom stereocenters. The molecule has 0 radical (unpaired) electrons. The van der Waals surface area contributed by atoms with Crippen LogP contribution >= 0.6 is 0 Å². The van der Waals surface area contributed by atoms with Gasteiger partial charge >= 0.3 is 0 Å². The molecule has 2 rings (SSSR count). The highest BCUT2D eigenvalue weighted by atomic mass is 19.1. The molecule has 0 aliphatic carbocycles. The van der Waals surface area contributed by atoms with Gasteiger partial charge in [-0.05, 0) is 29.8 Å². The van der Waals surface area contributed by atoms with E-state index in [9.17, 15) is 8.78 Å². The van der Waals surface area contributed by atoms with E-state index in [2.05, 4.69) is 5.32 Å². The minimum absolute atomic E-state index is 0.0722. The maximum Gasteiger partial charge on any atom is 0.150 e. The van der Waals surface area contributed by atoms with Gasteiger partial charge in [-0.3, -0.25) is 0 Å². The summed E-state index contributed by atoms with van der Waals surface area (Å²) in [6.45, 7) is 0.176. The van der Waals surface area contributed by atoms with Crippen molar-refractivity contribution in [3.63, 3.8) is 0 Å². The molecule has 20 heavy (non-hydrogen) atoms. The van der Waals surface area contributed by atoms with Crippen LogP contribution in [0.1, 0.15) is 16.7 Å². The fraction of sp³-hybridized carbons (Fsp3) is 0.0667. The van der Waals surface area contributed by atoms with E-state index >= 15 is 0 Å². The van der Waals surface area contributed by atoms with Crippen molar-refractivity contribution in [1.82, 2.24) is 0 Å². The highest BCUT2D eigenvalue weighted by molar-refractivity contribution is 5.50. The zero-order valence-corrected chi connectivity index (χ0v) is 10.3. The van der Waals surface area contributed by atoms with Crippen molar-refractivity contribution < 1.29 is 8.78 Å². The second-order valence-electron chi connectivity index (χ2n) is 4.09. The minimum Gasteiger partial charge on any atom is -0.376 e. The first-order chi connectivity index (χ1) is 9.63. The Morgan fingerprint density at radius 2 is 1.60 bits per heavy atom. The van der Waals surface area contributed by atoms with E-state index in [1.165, 1.54) is 0 Å². The number of nitriles is 2. The Kier molecular flexibility index (Phi) is 3.93. The van der Waals surface area contributed by atoms with Gasteiger partial charge in [0.05, 0.1) is 23.3 Å². The van der Waals surface area contributed by atoms with Gasteiger partial charge < -0.3 is 5.32 Å². The molecule has 2 aromatic carbocycles. The van der Waals surface area contributed by atoms with Gasteiger partial charge in [0.1, 0.15) is 5.69 Å². The molecule has 3 nitrogen and oxygen atoms in total. The molecule has 0 spiro atoms. The third-order valence-corrected chi connectivity index (χ3v) is 2.70. The lowest BCUT2D eigenvalue weighted by Gasteiger charge is -2.09. The van der Waals surface area contributed by atoms with E-state index in [0.29, 0.717) is 5.56 Å². The summed E-state index contributed by atoms with van der Waals surface area (Å²) in [5, 5.41) is 20.0. The van der Waals surface area contributed by atoms with E-state index in [-0.39, 0.29) is 17.8 Å². The van der Waals surface area contributed by atoms with Crippen LogP contribution in [-0.4, -0.2) is 0 Å². The molecule has 0 fully saturated rings. The van der Waals surface area contributed by atoms with Crippen molar-refractivity contribution in [2.24, 2.45) is 0 Å². The van der Waals surface area contributed by atoms with Crippen molar-refractivity contribution in [1.29, 1.82) is 10.5 Å². The summed E-state index contributed by atoms with van der Waals surface area (Å²) >= 11 is 0. The molecule has 5 heteroatoms. The van der Waals surface area contributed by atoms with Crippen LogP contribution in [0, 0.1) is 34.3 Å². The number of anilines is 1. The van der Waals surface area contributed by atoms with Gasteiger partial charge in [0.25, 0.3) is 0 Å². The average molecular weight is 269 g/mol. The van der Waals surface area contributed by atoms with Crippen LogP contribution in [-0.2, 0) is 6.54 Å². The molecule has 0 saturated heterocycles. The monoisotopic (exact) mass is 269 g/mol. The maximum absolute atomic E-state index is 13.6. The second-order valence-corrected chi connectivity index (χ2v) is 4.09. The molecule has 0 heterocycles. The molecule has 1 N–H and O–H groups in total. The average Bonchev–Trinajstić information content (AvgIpc) is 2.46.